The maximum absolute atomic E-state index is 10.8. The van der Waals surface area contributed by atoms with Crippen LogP contribution in [0.15, 0.2) is 18.2 Å². The van der Waals surface area contributed by atoms with Gasteiger partial charge in [-0.2, -0.15) is 0 Å². The fraction of sp³-hybridized carbons (Fsp3) is 0.364. The van der Waals surface area contributed by atoms with Crippen LogP contribution in [-0.4, -0.2) is 24.2 Å². The Morgan fingerprint density at radius 1 is 1.60 bits per heavy atom. The average molecular weight is 228 g/mol. The third kappa shape index (κ3) is 3.22. The van der Waals surface area contributed by atoms with Crippen LogP contribution in [0.1, 0.15) is 11.1 Å². The molecule has 0 unspecified atom stereocenters. The van der Waals surface area contributed by atoms with Gasteiger partial charge < -0.3 is 10.4 Å². The van der Waals surface area contributed by atoms with Gasteiger partial charge in [-0.05, 0) is 37.6 Å². The van der Waals surface area contributed by atoms with Crippen LogP contribution in [0, 0.1) is 6.92 Å². The molecular weight excluding hydrogens is 214 g/mol. The van der Waals surface area contributed by atoms with Gasteiger partial charge >= 0.3 is 5.97 Å². The molecule has 0 amide bonds. The van der Waals surface area contributed by atoms with Crippen molar-refractivity contribution >= 4 is 17.6 Å². The Morgan fingerprint density at radius 2 is 2.27 bits per heavy atom. The molecular formula is C11H14ClNO2. The third-order valence-corrected chi connectivity index (χ3v) is 2.73. The fourth-order valence-corrected chi connectivity index (χ4v) is 1.50. The first-order valence-electron chi connectivity index (χ1n) is 4.69. The third-order valence-electron chi connectivity index (χ3n) is 2.31. The topological polar surface area (TPSA) is 49.3 Å². The van der Waals surface area contributed by atoms with Crippen molar-refractivity contribution in [2.45, 2.75) is 19.4 Å². The molecule has 2 N–H and O–H groups in total. The number of aryl methyl sites for hydroxylation is 1. The van der Waals surface area contributed by atoms with Crippen molar-refractivity contribution in [3.63, 3.8) is 0 Å². The number of nitrogens with one attached hydrogen (secondary N) is 1. The van der Waals surface area contributed by atoms with Gasteiger partial charge in [0.05, 0.1) is 0 Å². The number of carboxylic acid groups (broad SMARTS) is 1. The van der Waals surface area contributed by atoms with Crippen LogP contribution in [0.25, 0.3) is 0 Å². The van der Waals surface area contributed by atoms with Crippen LogP contribution < -0.4 is 5.32 Å². The number of carboxylic acids is 1. The highest BCUT2D eigenvalue weighted by Gasteiger charge is 2.15. The zero-order valence-corrected chi connectivity index (χ0v) is 9.51. The predicted octanol–water partition coefficient (Wildman–Crippen LogP) is 1.86. The van der Waals surface area contributed by atoms with Gasteiger partial charge in [-0.15, -0.1) is 0 Å². The van der Waals surface area contributed by atoms with Gasteiger partial charge in [0.15, 0.2) is 0 Å². The number of likely N-dealkylation sites (N-methyl/N-ethyl adjacent to an activating group) is 1. The molecule has 0 aliphatic carbocycles. The van der Waals surface area contributed by atoms with Crippen LogP contribution in [0.5, 0.6) is 0 Å². The molecule has 0 radical (unpaired) electrons. The molecule has 0 fully saturated rings. The zero-order valence-electron chi connectivity index (χ0n) is 8.75. The molecule has 0 aromatic heterocycles. The molecule has 0 saturated carbocycles. The lowest BCUT2D eigenvalue weighted by molar-refractivity contribution is -0.139. The number of hydrogen-bond acceptors (Lipinski definition) is 2. The molecule has 4 heteroatoms. The van der Waals surface area contributed by atoms with Gasteiger partial charge in [0.2, 0.25) is 0 Å². The Kier molecular flexibility index (Phi) is 4.12. The van der Waals surface area contributed by atoms with E-state index >= 15 is 0 Å². The first-order valence-corrected chi connectivity index (χ1v) is 5.07. The molecule has 0 saturated heterocycles. The summed E-state index contributed by atoms with van der Waals surface area (Å²) in [6.45, 7) is 1.90. The molecule has 82 valence electrons. The second-order valence-corrected chi connectivity index (χ2v) is 3.87. The van der Waals surface area contributed by atoms with Gasteiger partial charge in [-0.25, -0.2) is 0 Å². The van der Waals surface area contributed by atoms with E-state index in [4.69, 9.17) is 16.7 Å². The summed E-state index contributed by atoms with van der Waals surface area (Å²) in [5.41, 5.74) is 1.94. The lowest BCUT2D eigenvalue weighted by Gasteiger charge is -2.11. The maximum atomic E-state index is 10.8. The van der Waals surface area contributed by atoms with E-state index in [-0.39, 0.29) is 0 Å². The summed E-state index contributed by atoms with van der Waals surface area (Å²) in [4.78, 5) is 10.8. The van der Waals surface area contributed by atoms with Gasteiger partial charge in [0, 0.05) is 5.02 Å². The largest absolute Gasteiger partial charge is 0.480 e. The first-order chi connectivity index (χ1) is 7.04. The van der Waals surface area contributed by atoms with Gasteiger partial charge in [-0.3, -0.25) is 4.79 Å². The van der Waals surface area contributed by atoms with Gasteiger partial charge in [0.25, 0.3) is 0 Å². The molecule has 0 aliphatic rings. The van der Waals surface area contributed by atoms with E-state index in [2.05, 4.69) is 5.32 Å². The van der Waals surface area contributed by atoms with E-state index in [0.29, 0.717) is 11.4 Å². The highest BCUT2D eigenvalue weighted by Crippen LogP contribution is 2.17. The van der Waals surface area contributed by atoms with Crippen LogP contribution >= 0.6 is 11.6 Å². The lowest BCUT2D eigenvalue weighted by Crippen LogP contribution is -2.35. The molecule has 1 atom stereocenters. The smallest absolute Gasteiger partial charge is 0.321 e. The van der Waals surface area contributed by atoms with Gasteiger partial charge in [0.1, 0.15) is 6.04 Å². The van der Waals surface area contributed by atoms with Crippen molar-refractivity contribution in [1.82, 2.24) is 5.32 Å². The van der Waals surface area contributed by atoms with Gasteiger partial charge in [-0.1, -0.05) is 23.7 Å². The number of halogens is 1. The highest BCUT2D eigenvalue weighted by atomic mass is 35.5. The van der Waals surface area contributed by atoms with E-state index in [9.17, 15) is 4.79 Å². The number of hydrogen-bond donors (Lipinski definition) is 2. The number of benzene rings is 1. The number of carbonyl (C=O) groups is 1. The lowest BCUT2D eigenvalue weighted by atomic mass is 10.0. The second kappa shape index (κ2) is 5.14. The summed E-state index contributed by atoms with van der Waals surface area (Å²) in [6.07, 6.45) is 0.462. The van der Waals surface area contributed by atoms with Crippen LogP contribution in [0.4, 0.5) is 0 Å². The summed E-state index contributed by atoms with van der Waals surface area (Å²) in [5.74, 6) is -0.842. The first kappa shape index (κ1) is 12.0. The van der Waals surface area contributed by atoms with Crippen molar-refractivity contribution in [3.8, 4) is 0 Å². The van der Waals surface area contributed by atoms with Crippen molar-refractivity contribution in [3.05, 3.63) is 34.3 Å². The molecule has 1 aromatic rings. The summed E-state index contributed by atoms with van der Waals surface area (Å²) >= 11 is 5.88. The minimum absolute atomic E-state index is 0.462. The quantitative estimate of drug-likeness (QED) is 0.826. The number of aliphatic carboxylic acids is 1. The van der Waals surface area contributed by atoms with Crippen LogP contribution in [0.3, 0.4) is 0 Å². The molecule has 1 aromatic carbocycles. The van der Waals surface area contributed by atoms with E-state index in [1.165, 1.54) is 0 Å². The van der Waals surface area contributed by atoms with E-state index in [0.717, 1.165) is 11.1 Å². The summed E-state index contributed by atoms with van der Waals surface area (Å²) < 4.78 is 0. The summed E-state index contributed by atoms with van der Waals surface area (Å²) in [6, 6.07) is 5.00. The van der Waals surface area contributed by atoms with Crippen molar-refractivity contribution < 1.29 is 9.90 Å². The summed E-state index contributed by atoms with van der Waals surface area (Å²) in [5, 5.41) is 12.3. The zero-order chi connectivity index (χ0) is 11.4. The Labute approximate surface area is 94.1 Å². The second-order valence-electron chi connectivity index (χ2n) is 3.47. The molecule has 3 nitrogen and oxygen atoms in total. The molecule has 0 bridgehead atoms. The molecule has 0 aliphatic heterocycles. The summed E-state index contributed by atoms with van der Waals surface area (Å²) in [7, 11) is 1.64. The molecule has 0 heterocycles. The van der Waals surface area contributed by atoms with Crippen LogP contribution in [-0.2, 0) is 11.2 Å². The predicted molar refractivity (Wildman–Crippen MR) is 60.4 cm³/mol. The van der Waals surface area contributed by atoms with E-state index in [1.807, 2.05) is 19.1 Å². The highest BCUT2D eigenvalue weighted by molar-refractivity contribution is 6.31. The SMILES string of the molecule is CN[C@@H](Cc1ccc(Cl)c(C)c1)C(=O)O. The van der Waals surface area contributed by atoms with E-state index in [1.54, 1.807) is 13.1 Å². The normalized spacial score (nSPS) is 12.5. The standard InChI is InChI=1S/C11H14ClNO2/c1-7-5-8(3-4-9(7)12)6-10(13-2)11(14)15/h3-5,10,13H,6H2,1-2H3,(H,14,15)/t10-/m0/s1. The van der Waals surface area contributed by atoms with Crippen LogP contribution in [0.2, 0.25) is 5.02 Å². The minimum Gasteiger partial charge on any atom is -0.480 e. The monoisotopic (exact) mass is 227 g/mol. The Balaban J connectivity index is 2.80. The van der Waals surface area contributed by atoms with Crippen molar-refractivity contribution in [2.24, 2.45) is 0 Å². The molecule has 1 rings (SSSR count). The van der Waals surface area contributed by atoms with Crippen molar-refractivity contribution in [1.29, 1.82) is 0 Å². The molecule has 0 spiro atoms. The fourth-order valence-electron chi connectivity index (χ4n) is 1.38. The van der Waals surface area contributed by atoms with Crippen molar-refractivity contribution in [2.75, 3.05) is 7.05 Å². The minimum atomic E-state index is -0.842. The van der Waals surface area contributed by atoms with E-state index < -0.39 is 12.0 Å². The Hall–Kier alpha value is -1.06. The average Bonchev–Trinajstić information content (AvgIpc) is 2.19. The Morgan fingerprint density at radius 3 is 2.73 bits per heavy atom. The molecule has 15 heavy (non-hydrogen) atoms. The number of rotatable bonds is 4. The maximum Gasteiger partial charge on any atom is 0.321 e. The Bertz CT molecular complexity index is 366.